The highest BCUT2D eigenvalue weighted by Gasteiger charge is 2.19. The predicted octanol–water partition coefficient (Wildman–Crippen LogP) is 2.95. The van der Waals surface area contributed by atoms with E-state index >= 15 is 0 Å². The van der Waals surface area contributed by atoms with Crippen LogP contribution in [0.25, 0.3) is 0 Å². The van der Waals surface area contributed by atoms with Gasteiger partial charge in [-0.2, -0.15) is 0 Å². The Morgan fingerprint density at radius 2 is 2.27 bits per heavy atom. The normalized spacial score (nSPS) is 17.4. The fourth-order valence-electron chi connectivity index (χ4n) is 2.24. The quantitative estimate of drug-likeness (QED) is 0.778. The SMILES string of the molecule is CNCCCc1cnc(C2CCCC2)s1. The zero-order chi connectivity index (χ0) is 10.5. The highest BCUT2D eigenvalue weighted by Crippen LogP contribution is 2.36. The summed E-state index contributed by atoms with van der Waals surface area (Å²) in [6.45, 7) is 1.11. The van der Waals surface area contributed by atoms with Crippen molar-refractivity contribution in [3.05, 3.63) is 16.1 Å². The first-order valence-electron chi connectivity index (χ1n) is 5.99. The molecule has 0 aliphatic heterocycles. The van der Waals surface area contributed by atoms with Gasteiger partial charge in [0.05, 0.1) is 5.01 Å². The van der Waals surface area contributed by atoms with Crippen molar-refractivity contribution in [2.45, 2.75) is 44.4 Å². The molecule has 1 aliphatic carbocycles. The van der Waals surface area contributed by atoms with E-state index < -0.39 is 0 Å². The van der Waals surface area contributed by atoms with Crippen molar-refractivity contribution in [3.63, 3.8) is 0 Å². The topological polar surface area (TPSA) is 24.9 Å². The van der Waals surface area contributed by atoms with Crippen molar-refractivity contribution in [3.8, 4) is 0 Å². The maximum Gasteiger partial charge on any atom is 0.0958 e. The second-order valence-electron chi connectivity index (χ2n) is 4.35. The van der Waals surface area contributed by atoms with Gasteiger partial charge in [0.15, 0.2) is 0 Å². The van der Waals surface area contributed by atoms with Crippen molar-refractivity contribution in [1.29, 1.82) is 0 Å². The van der Waals surface area contributed by atoms with Gasteiger partial charge in [-0.1, -0.05) is 12.8 Å². The first kappa shape index (κ1) is 11.1. The van der Waals surface area contributed by atoms with Crippen LogP contribution in [0.3, 0.4) is 0 Å². The monoisotopic (exact) mass is 224 g/mol. The van der Waals surface area contributed by atoms with Crippen molar-refractivity contribution in [2.75, 3.05) is 13.6 Å². The van der Waals surface area contributed by atoms with Crippen LogP contribution in [0.1, 0.15) is 47.9 Å². The lowest BCUT2D eigenvalue weighted by Gasteiger charge is -2.02. The van der Waals surface area contributed by atoms with Gasteiger partial charge in [-0.25, -0.2) is 4.98 Å². The number of hydrogen-bond donors (Lipinski definition) is 1. The molecule has 1 N–H and O–H groups in total. The van der Waals surface area contributed by atoms with Crippen molar-refractivity contribution in [1.82, 2.24) is 10.3 Å². The zero-order valence-electron chi connectivity index (χ0n) is 9.46. The molecular weight excluding hydrogens is 204 g/mol. The Kier molecular flexibility index (Phi) is 4.15. The van der Waals surface area contributed by atoms with Crippen molar-refractivity contribution in [2.24, 2.45) is 0 Å². The largest absolute Gasteiger partial charge is 0.320 e. The molecular formula is C12H20N2S. The summed E-state index contributed by atoms with van der Waals surface area (Å²) in [5.74, 6) is 0.785. The number of aryl methyl sites for hydroxylation is 1. The molecule has 0 radical (unpaired) electrons. The summed E-state index contributed by atoms with van der Waals surface area (Å²) in [6, 6.07) is 0. The van der Waals surface area contributed by atoms with Crippen molar-refractivity contribution < 1.29 is 0 Å². The lowest BCUT2D eigenvalue weighted by Crippen LogP contribution is -2.07. The minimum absolute atomic E-state index is 0.785. The molecule has 2 rings (SSSR count). The van der Waals surface area contributed by atoms with Gasteiger partial charge in [0, 0.05) is 17.0 Å². The van der Waals surface area contributed by atoms with Gasteiger partial charge in [0.1, 0.15) is 0 Å². The summed E-state index contributed by atoms with van der Waals surface area (Å²) in [6.07, 6.45) is 10.0. The van der Waals surface area contributed by atoms with Crippen LogP contribution in [0.4, 0.5) is 0 Å². The Balaban J connectivity index is 1.86. The van der Waals surface area contributed by atoms with Gasteiger partial charge in [-0.3, -0.25) is 0 Å². The molecule has 0 aromatic carbocycles. The van der Waals surface area contributed by atoms with Crippen LogP contribution in [-0.2, 0) is 6.42 Å². The third-order valence-corrected chi connectivity index (χ3v) is 4.35. The van der Waals surface area contributed by atoms with Gasteiger partial charge < -0.3 is 5.32 Å². The summed E-state index contributed by atoms with van der Waals surface area (Å²) in [5.41, 5.74) is 0. The maximum absolute atomic E-state index is 4.58. The van der Waals surface area contributed by atoms with E-state index in [1.165, 1.54) is 48.4 Å². The molecule has 0 bridgehead atoms. The number of nitrogens with zero attached hydrogens (tertiary/aromatic N) is 1. The van der Waals surface area contributed by atoms with Crippen LogP contribution in [0.15, 0.2) is 6.20 Å². The highest BCUT2D eigenvalue weighted by atomic mass is 32.1. The van der Waals surface area contributed by atoms with Crippen LogP contribution < -0.4 is 5.32 Å². The molecule has 0 spiro atoms. The summed E-state index contributed by atoms with van der Waals surface area (Å²) in [4.78, 5) is 6.04. The molecule has 1 fully saturated rings. The van der Waals surface area contributed by atoms with E-state index in [1.807, 2.05) is 18.4 Å². The predicted molar refractivity (Wildman–Crippen MR) is 65.6 cm³/mol. The molecule has 1 aliphatic rings. The van der Waals surface area contributed by atoms with E-state index in [1.54, 1.807) is 0 Å². The lowest BCUT2D eigenvalue weighted by molar-refractivity contribution is 0.716. The Hall–Kier alpha value is -0.410. The van der Waals surface area contributed by atoms with E-state index in [4.69, 9.17) is 0 Å². The number of hydrogen-bond acceptors (Lipinski definition) is 3. The third kappa shape index (κ3) is 3.02. The van der Waals surface area contributed by atoms with E-state index in [-0.39, 0.29) is 0 Å². The minimum Gasteiger partial charge on any atom is -0.320 e. The smallest absolute Gasteiger partial charge is 0.0958 e. The molecule has 84 valence electrons. The molecule has 1 aromatic rings. The molecule has 0 amide bonds. The number of thiazole rings is 1. The molecule has 15 heavy (non-hydrogen) atoms. The molecule has 2 nitrogen and oxygen atoms in total. The molecule has 1 aromatic heterocycles. The second kappa shape index (κ2) is 5.61. The summed E-state index contributed by atoms with van der Waals surface area (Å²) < 4.78 is 0. The van der Waals surface area contributed by atoms with Gasteiger partial charge in [-0.05, 0) is 39.3 Å². The van der Waals surface area contributed by atoms with Gasteiger partial charge in [0.2, 0.25) is 0 Å². The van der Waals surface area contributed by atoms with Gasteiger partial charge in [0.25, 0.3) is 0 Å². The van der Waals surface area contributed by atoms with Crippen LogP contribution in [0.5, 0.6) is 0 Å². The minimum atomic E-state index is 0.785. The van der Waals surface area contributed by atoms with Crippen LogP contribution in [-0.4, -0.2) is 18.6 Å². The Bertz CT molecular complexity index is 290. The standard InChI is InChI=1S/C12H20N2S/c1-13-8-4-7-11-9-14-12(15-11)10-5-2-3-6-10/h9-10,13H,2-8H2,1H3. The lowest BCUT2D eigenvalue weighted by atomic mass is 10.1. The first-order chi connectivity index (χ1) is 7.40. The average Bonchev–Trinajstić information content (AvgIpc) is 2.87. The number of rotatable bonds is 5. The van der Waals surface area contributed by atoms with Gasteiger partial charge in [-0.15, -0.1) is 11.3 Å². The highest BCUT2D eigenvalue weighted by molar-refractivity contribution is 7.11. The second-order valence-corrected chi connectivity index (χ2v) is 5.50. The van der Waals surface area contributed by atoms with E-state index in [0.29, 0.717) is 0 Å². The Morgan fingerprint density at radius 3 is 3.00 bits per heavy atom. The van der Waals surface area contributed by atoms with E-state index in [0.717, 1.165) is 12.5 Å². The third-order valence-electron chi connectivity index (χ3n) is 3.13. The summed E-state index contributed by atoms with van der Waals surface area (Å²) in [7, 11) is 2.01. The number of aromatic nitrogens is 1. The Morgan fingerprint density at radius 1 is 1.47 bits per heavy atom. The number of nitrogens with one attached hydrogen (secondary N) is 1. The summed E-state index contributed by atoms with van der Waals surface area (Å²) in [5, 5.41) is 4.58. The molecule has 0 unspecified atom stereocenters. The van der Waals surface area contributed by atoms with E-state index in [9.17, 15) is 0 Å². The molecule has 0 atom stereocenters. The molecule has 1 heterocycles. The Labute approximate surface area is 96.1 Å². The van der Waals surface area contributed by atoms with Crippen molar-refractivity contribution >= 4 is 11.3 Å². The van der Waals surface area contributed by atoms with Crippen LogP contribution >= 0.6 is 11.3 Å². The summed E-state index contributed by atoms with van der Waals surface area (Å²) >= 11 is 1.94. The fourth-order valence-corrected chi connectivity index (χ4v) is 3.37. The van der Waals surface area contributed by atoms with Crippen LogP contribution in [0.2, 0.25) is 0 Å². The molecule has 3 heteroatoms. The average molecular weight is 224 g/mol. The molecule has 0 saturated heterocycles. The maximum atomic E-state index is 4.58. The molecule has 1 saturated carbocycles. The van der Waals surface area contributed by atoms with Gasteiger partial charge >= 0.3 is 0 Å². The first-order valence-corrected chi connectivity index (χ1v) is 6.81. The fraction of sp³-hybridized carbons (Fsp3) is 0.750. The van der Waals surface area contributed by atoms with Crippen LogP contribution in [0, 0.1) is 0 Å². The van der Waals surface area contributed by atoms with E-state index in [2.05, 4.69) is 16.5 Å². The zero-order valence-corrected chi connectivity index (χ0v) is 10.3.